The molecule has 0 nitrogen and oxygen atoms in total. The molecule has 3 heteroatoms. The first-order chi connectivity index (χ1) is 8.79. The summed E-state index contributed by atoms with van der Waals surface area (Å²) in [5.74, 6) is 1.57. The molecule has 0 N–H and O–H groups in total. The monoisotopic (exact) mass is 340 g/mol. The van der Waals surface area contributed by atoms with Crippen molar-refractivity contribution in [3.63, 3.8) is 0 Å². The summed E-state index contributed by atoms with van der Waals surface area (Å²) in [4.78, 5) is 1.23. The van der Waals surface area contributed by atoms with Crippen molar-refractivity contribution in [2.75, 3.05) is 11.1 Å². The largest absolute Gasteiger partial charge is 0.125 e. The Hall–Kier alpha value is -0.440. The first-order valence-corrected chi connectivity index (χ1v) is 8.27. The minimum atomic E-state index is 0.523. The van der Waals surface area contributed by atoms with Crippen LogP contribution in [0, 0.1) is 0 Å². The van der Waals surface area contributed by atoms with Gasteiger partial charge in [-0.15, -0.1) is 11.8 Å². The van der Waals surface area contributed by atoms with Crippen molar-refractivity contribution in [1.29, 1.82) is 0 Å². The number of hydrogen-bond donors (Lipinski definition) is 0. The Balaban J connectivity index is 2.00. The fraction of sp³-hybridized carbons (Fsp3) is 0.200. The zero-order valence-electron chi connectivity index (χ0n) is 9.85. The van der Waals surface area contributed by atoms with E-state index in [4.69, 9.17) is 11.6 Å². The Kier molecular flexibility index (Phi) is 5.61. The van der Waals surface area contributed by atoms with E-state index in [0.717, 1.165) is 16.1 Å². The van der Waals surface area contributed by atoms with Crippen LogP contribution in [0.1, 0.15) is 11.5 Å². The number of hydrogen-bond acceptors (Lipinski definition) is 1. The summed E-state index contributed by atoms with van der Waals surface area (Å²) >= 11 is 11.4. The Morgan fingerprint density at radius 2 is 1.83 bits per heavy atom. The number of rotatable bonds is 5. The molecule has 0 amide bonds. The van der Waals surface area contributed by atoms with Crippen molar-refractivity contribution in [2.24, 2.45) is 0 Å². The molecule has 0 radical (unpaired) electrons. The minimum Gasteiger partial charge on any atom is -0.125 e. The molecule has 0 fully saturated rings. The maximum atomic E-state index is 5.99. The maximum absolute atomic E-state index is 5.99. The van der Waals surface area contributed by atoms with Crippen LogP contribution < -0.4 is 0 Å². The Morgan fingerprint density at radius 1 is 1.06 bits per heavy atom. The van der Waals surface area contributed by atoms with Gasteiger partial charge in [0.2, 0.25) is 0 Å². The highest BCUT2D eigenvalue weighted by Crippen LogP contribution is 2.28. The van der Waals surface area contributed by atoms with E-state index < -0.39 is 0 Å². The summed E-state index contributed by atoms with van der Waals surface area (Å²) in [5, 5.41) is 1.78. The maximum Gasteiger partial charge on any atom is 0.0417 e. The van der Waals surface area contributed by atoms with Gasteiger partial charge in [0.25, 0.3) is 0 Å². The van der Waals surface area contributed by atoms with E-state index in [1.807, 2.05) is 30.0 Å². The van der Waals surface area contributed by atoms with Crippen molar-refractivity contribution in [2.45, 2.75) is 10.8 Å². The van der Waals surface area contributed by atoms with Crippen LogP contribution in [0.3, 0.4) is 0 Å². The molecule has 94 valence electrons. The Bertz CT molecular complexity index is 487. The summed E-state index contributed by atoms with van der Waals surface area (Å²) in [6.45, 7) is 0. The first-order valence-electron chi connectivity index (χ1n) is 5.79. The van der Waals surface area contributed by atoms with Crippen LogP contribution in [0.15, 0.2) is 59.5 Å². The van der Waals surface area contributed by atoms with E-state index in [1.54, 1.807) is 0 Å². The third-order valence-electron chi connectivity index (χ3n) is 2.70. The number of benzene rings is 2. The van der Waals surface area contributed by atoms with Crippen LogP contribution >= 0.6 is 39.3 Å². The van der Waals surface area contributed by atoms with E-state index in [1.165, 1.54) is 10.5 Å². The second-order valence-electron chi connectivity index (χ2n) is 4.03. The second kappa shape index (κ2) is 7.22. The van der Waals surface area contributed by atoms with Gasteiger partial charge in [-0.1, -0.05) is 63.9 Å². The minimum absolute atomic E-state index is 0.523. The molecular formula is C15H14BrClS. The van der Waals surface area contributed by atoms with Gasteiger partial charge in [0, 0.05) is 26.9 Å². The van der Waals surface area contributed by atoms with Crippen LogP contribution in [0.4, 0.5) is 0 Å². The lowest BCUT2D eigenvalue weighted by Gasteiger charge is -2.14. The molecule has 0 saturated carbocycles. The molecule has 0 aliphatic carbocycles. The molecular weight excluding hydrogens is 328 g/mol. The zero-order valence-corrected chi connectivity index (χ0v) is 13.0. The smallest absolute Gasteiger partial charge is 0.0417 e. The van der Waals surface area contributed by atoms with Gasteiger partial charge in [-0.25, -0.2) is 0 Å². The molecule has 1 atom stereocenters. The number of thioether (sulfide) groups is 1. The predicted molar refractivity (Wildman–Crippen MR) is 85.2 cm³/mol. The molecule has 0 heterocycles. The fourth-order valence-electron chi connectivity index (χ4n) is 1.71. The highest BCUT2D eigenvalue weighted by atomic mass is 79.9. The molecule has 2 aromatic carbocycles. The Labute approximate surface area is 126 Å². The third-order valence-corrected chi connectivity index (χ3v) is 4.88. The van der Waals surface area contributed by atoms with Gasteiger partial charge in [-0.3, -0.25) is 0 Å². The molecule has 1 unspecified atom stereocenters. The topological polar surface area (TPSA) is 0 Å². The van der Waals surface area contributed by atoms with Crippen molar-refractivity contribution in [3.8, 4) is 0 Å². The fourth-order valence-corrected chi connectivity index (χ4v) is 3.96. The molecule has 0 bridgehead atoms. The van der Waals surface area contributed by atoms with Gasteiger partial charge >= 0.3 is 0 Å². The van der Waals surface area contributed by atoms with Crippen LogP contribution in [0.2, 0.25) is 5.02 Å². The van der Waals surface area contributed by atoms with Crippen LogP contribution in [-0.4, -0.2) is 11.1 Å². The van der Waals surface area contributed by atoms with E-state index in [2.05, 4.69) is 52.3 Å². The standard InChI is InChI=1S/C15H14BrClS/c16-10-13(12-5-2-1-3-6-12)11-18-15-8-4-7-14(17)9-15/h1-9,13H,10-11H2. The lowest BCUT2D eigenvalue weighted by molar-refractivity contribution is 0.902. The van der Waals surface area contributed by atoms with Crippen LogP contribution in [-0.2, 0) is 0 Å². The summed E-state index contributed by atoms with van der Waals surface area (Å²) in [6.07, 6.45) is 0. The van der Waals surface area contributed by atoms with Crippen molar-refractivity contribution < 1.29 is 0 Å². The predicted octanol–water partition coefficient (Wildman–Crippen LogP) is 5.61. The van der Waals surface area contributed by atoms with Gasteiger partial charge in [0.1, 0.15) is 0 Å². The lowest BCUT2D eigenvalue weighted by Crippen LogP contribution is -2.03. The zero-order chi connectivity index (χ0) is 12.8. The van der Waals surface area contributed by atoms with Gasteiger partial charge in [0.05, 0.1) is 0 Å². The Morgan fingerprint density at radius 3 is 2.50 bits per heavy atom. The second-order valence-corrected chi connectivity index (χ2v) is 6.21. The van der Waals surface area contributed by atoms with Gasteiger partial charge in [-0.2, -0.15) is 0 Å². The summed E-state index contributed by atoms with van der Waals surface area (Å²) in [7, 11) is 0. The molecule has 2 rings (SSSR count). The normalized spacial score (nSPS) is 12.3. The summed E-state index contributed by atoms with van der Waals surface area (Å²) < 4.78 is 0. The molecule has 0 aromatic heterocycles. The molecule has 0 saturated heterocycles. The quantitative estimate of drug-likeness (QED) is 0.503. The average molecular weight is 342 g/mol. The van der Waals surface area contributed by atoms with Crippen LogP contribution in [0.25, 0.3) is 0 Å². The molecule has 0 aliphatic rings. The molecule has 0 aliphatic heterocycles. The van der Waals surface area contributed by atoms with E-state index in [-0.39, 0.29) is 0 Å². The van der Waals surface area contributed by atoms with Gasteiger partial charge < -0.3 is 0 Å². The van der Waals surface area contributed by atoms with Crippen molar-refractivity contribution >= 4 is 39.3 Å². The van der Waals surface area contributed by atoms with E-state index in [0.29, 0.717) is 5.92 Å². The first kappa shape index (κ1) is 14.0. The van der Waals surface area contributed by atoms with Crippen molar-refractivity contribution in [1.82, 2.24) is 0 Å². The highest BCUT2D eigenvalue weighted by molar-refractivity contribution is 9.09. The molecule has 18 heavy (non-hydrogen) atoms. The van der Waals surface area contributed by atoms with E-state index in [9.17, 15) is 0 Å². The highest BCUT2D eigenvalue weighted by Gasteiger charge is 2.10. The third kappa shape index (κ3) is 4.04. The van der Waals surface area contributed by atoms with E-state index >= 15 is 0 Å². The van der Waals surface area contributed by atoms with Crippen molar-refractivity contribution in [3.05, 3.63) is 65.2 Å². The molecule has 2 aromatic rings. The summed E-state index contributed by atoms with van der Waals surface area (Å²) in [5.41, 5.74) is 1.38. The lowest BCUT2D eigenvalue weighted by atomic mass is 10.0. The molecule has 0 spiro atoms. The van der Waals surface area contributed by atoms with Crippen LogP contribution in [0.5, 0.6) is 0 Å². The van der Waals surface area contributed by atoms with Gasteiger partial charge in [0.15, 0.2) is 0 Å². The SMILES string of the molecule is Clc1cccc(SCC(CBr)c2ccccc2)c1. The number of alkyl halides is 1. The summed E-state index contributed by atoms with van der Waals surface area (Å²) in [6, 6.07) is 18.6. The van der Waals surface area contributed by atoms with Gasteiger partial charge in [-0.05, 0) is 23.8 Å². The average Bonchev–Trinajstić information content (AvgIpc) is 2.41. The number of halogens is 2.